The molecule has 2 aromatic carbocycles. The number of carbonyl (C=O) groups is 2. The molecule has 1 fully saturated rings. The quantitative estimate of drug-likeness (QED) is 0.577. The highest BCUT2D eigenvalue weighted by atomic mass is 35.5. The van der Waals surface area contributed by atoms with Crippen molar-refractivity contribution in [1.82, 2.24) is 19.4 Å². The fraction of sp³-hybridized carbons (Fsp3) is 0.261. The molecular weight excluding hydrogens is 414 g/mol. The van der Waals surface area contributed by atoms with Crippen molar-refractivity contribution in [3.8, 4) is 5.69 Å². The number of imide groups is 1. The summed E-state index contributed by atoms with van der Waals surface area (Å²) in [5, 5.41) is 0.690. The summed E-state index contributed by atoms with van der Waals surface area (Å²) in [4.78, 5) is 35.5. The first-order valence-corrected chi connectivity index (χ1v) is 10.7. The molecule has 1 aromatic heterocycles. The molecule has 0 aliphatic carbocycles. The number of hydrogen-bond donors (Lipinski definition) is 0. The van der Waals surface area contributed by atoms with Crippen LogP contribution < -0.4 is 4.90 Å². The van der Waals surface area contributed by atoms with E-state index in [1.165, 1.54) is 4.90 Å². The van der Waals surface area contributed by atoms with Gasteiger partial charge in [0.05, 0.1) is 11.1 Å². The zero-order valence-corrected chi connectivity index (χ0v) is 17.7. The number of nitrogens with zero attached hydrogens (tertiary/aromatic N) is 5. The van der Waals surface area contributed by atoms with E-state index >= 15 is 0 Å². The number of piperazine rings is 1. The van der Waals surface area contributed by atoms with E-state index in [0.717, 1.165) is 37.8 Å². The molecule has 3 heterocycles. The number of hydrogen-bond acceptors (Lipinski definition) is 5. The van der Waals surface area contributed by atoms with E-state index in [4.69, 9.17) is 11.6 Å². The standard InChI is InChI=1S/C23H22ClN5O2/c24-17-4-3-5-18(16-17)28-9-8-25-23(28)27-13-10-26(11-14-27)12-15-29-21(30)19-6-1-2-7-20(19)22(29)31/h1-9,16H,10-15H2. The molecule has 7 nitrogen and oxygen atoms in total. The van der Waals surface area contributed by atoms with E-state index in [0.29, 0.717) is 29.2 Å². The molecule has 8 heteroatoms. The largest absolute Gasteiger partial charge is 0.339 e. The van der Waals surface area contributed by atoms with Crippen LogP contribution in [0.1, 0.15) is 20.7 Å². The molecule has 158 valence electrons. The van der Waals surface area contributed by atoms with E-state index in [1.807, 2.05) is 35.0 Å². The highest BCUT2D eigenvalue weighted by molar-refractivity contribution is 6.30. The van der Waals surface area contributed by atoms with Gasteiger partial charge in [0.25, 0.3) is 11.8 Å². The van der Waals surface area contributed by atoms with Crippen molar-refractivity contribution in [3.63, 3.8) is 0 Å². The normalized spacial score (nSPS) is 16.8. The molecule has 2 amide bonds. The summed E-state index contributed by atoms with van der Waals surface area (Å²) in [5.74, 6) is 0.507. The number of carbonyl (C=O) groups excluding carboxylic acids is 2. The maximum Gasteiger partial charge on any atom is 0.261 e. The molecule has 3 aromatic rings. The first-order chi connectivity index (χ1) is 15.1. The Morgan fingerprint density at radius 2 is 1.58 bits per heavy atom. The lowest BCUT2D eigenvalue weighted by molar-refractivity contribution is 0.0635. The Hall–Kier alpha value is -3.16. The Morgan fingerprint density at radius 1 is 0.871 bits per heavy atom. The van der Waals surface area contributed by atoms with Gasteiger partial charge in [0.1, 0.15) is 0 Å². The van der Waals surface area contributed by atoms with Crippen LogP contribution >= 0.6 is 11.6 Å². The summed E-state index contributed by atoms with van der Waals surface area (Å²) in [6.45, 7) is 4.39. The van der Waals surface area contributed by atoms with Crippen LogP contribution in [-0.4, -0.2) is 70.4 Å². The van der Waals surface area contributed by atoms with Gasteiger partial charge in [-0.25, -0.2) is 4.98 Å². The zero-order valence-electron chi connectivity index (χ0n) is 16.9. The molecule has 1 saturated heterocycles. The van der Waals surface area contributed by atoms with Crippen molar-refractivity contribution in [1.29, 1.82) is 0 Å². The number of imidazole rings is 1. The lowest BCUT2D eigenvalue weighted by Gasteiger charge is -2.36. The Morgan fingerprint density at radius 3 is 2.26 bits per heavy atom. The molecular formula is C23H22ClN5O2. The summed E-state index contributed by atoms with van der Waals surface area (Å²) in [6, 6.07) is 14.7. The molecule has 0 spiro atoms. The van der Waals surface area contributed by atoms with Crippen LogP contribution in [0.4, 0.5) is 5.95 Å². The van der Waals surface area contributed by atoms with Crippen molar-refractivity contribution < 1.29 is 9.59 Å². The minimum absolute atomic E-state index is 0.192. The van der Waals surface area contributed by atoms with Gasteiger partial charge in [-0.3, -0.25) is 24.0 Å². The number of aromatic nitrogens is 2. The first-order valence-electron chi connectivity index (χ1n) is 10.3. The Balaban J connectivity index is 1.19. The number of amides is 2. The fourth-order valence-electron chi connectivity index (χ4n) is 4.21. The van der Waals surface area contributed by atoms with Crippen LogP contribution in [0.15, 0.2) is 60.9 Å². The van der Waals surface area contributed by atoms with Crippen molar-refractivity contribution in [3.05, 3.63) is 77.1 Å². The lowest BCUT2D eigenvalue weighted by atomic mass is 10.1. The second kappa shape index (κ2) is 8.17. The number of rotatable bonds is 5. The average molecular weight is 436 g/mol. The summed E-state index contributed by atoms with van der Waals surface area (Å²) in [5.41, 5.74) is 1.99. The van der Waals surface area contributed by atoms with Crippen molar-refractivity contribution in [2.24, 2.45) is 0 Å². The summed E-state index contributed by atoms with van der Waals surface area (Å²) >= 11 is 6.15. The molecule has 5 rings (SSSR count). The number of benzene rings is 2. The van der Waals surface area contributed by atoms with Gasteiger partial charge < -0.3 is 4.90 Å². The molecule has 0 unspecified atom stereocenters. The summed E-state index contributed by atoms with van der Waals surface area (Å²) in [7, 11) is 0. The molecule has 31 heavy (non-hydrogen) atoms. The maximum absolute atomic E-state index is 12.5. The van der Waals surface area contributed by atoms with Gasteiger partial charge in [0, 0.05) is 62.4 Å². The molecule has 0 radical (unpaired) electrons. The smallest absolute Gasteiger partial charge is 0.261 e. The van der Waals surface area contributed by atoms with Gasteiger partial charge in [-0.1, -0.05) is 29.8 Å². The van der Waals surface area contributed by atoms with Gasteiger partial charge in [-0.05, 0) is 30.3 Å². The lowest BCUT2D eigenvalue weighted by Crippen LogP contribution is -2.49. The molecule has 0 bridgehead atoms. The number of anilines is 1. The predicted octanol–water partition coefficient (Wildman–Crippen LogP) is 2.94. The van der Waals surface area contributed by atoms with E-state index < -0.39 is 0 Å². The summed E-state index contributed by atoms with van der Waals surface area (Å²) < 4.78 is 2.04. The van der Waals surface area contributed by atoms with Gasteiger partial charge in [0.15, 0.2) is 0 Å². The Labute approximate surface area is 185 Å². The number of fused-ring (bicyclic) bond motifs is 1. The monoisotopic (exact) mass is 435 g/mol. The van der Waals surface area contributed by atoms with E-state index in [2.05, 4.69) is 14.8 Å². The number of halogens is 1. The minimum Gasteiger partial charge on any atom is -0.339 e. The Kier molecular flexibility index (Phi) is 5.21. The maximum atomic E-state index is 12.5. The topological polar surface area (TPSA) is 61.7 Å². The van der Waals surface area contributed by atoms with Gasteiger partial charge in [0.2, 0.25) is 5.95 Å². The van der Waals surface area contributed by atoms with Gasteiger partial charge in [-0.2, -0.15) is 0 Å². The van der Waals surface area contributed by atoms with E-state index in [1.54, 1.807) is 30.5 Å². The van der Waals surface area contributed by atoms with E-state index in [-0.39, 0.29) is 11.8 Å². The van der Waals surface area contributed by atoms with E-state index in [9.17, 15) is 9.59 Å². The molecule has 2 aliphatic heterocycles. The molecule has 0 saturated carbocycles. The highest BCUT2D eigenvalue weighted by Crippen LogP contribution is 2.24. The van der Waals surface area contributed by atoms with Crippen LogP contribution in [0.3, 0.4) is 0 Å². The van der Waals surface area contributed by atoms with Crippen molar-refractivity contribution in [2.45, 2.75) is 0 Å². The first kappa shape index (κ1) is 19.8. The summed E-state index contributed by atoms with van der Waals surface area (Å²) in [6.07, 6.45) is 3.74. The van der Waals surface area contributed by atoms with Crippen LogP contribution in [-0.2, 0) is 0 Å². The third-order valence-corrected chi connectivity index (χ3v) is 6.12. The zero-order chi connectivity index (χ0) is 21.4. The van der Waals surface area contributed by atoms with Crippen LogP contribution in [0, 0.1) is 0 Å². The van der Waals surface area contributed by atoms with Crippen LogP contribution in [0.2, 0.25) is 5.02 Å². The molecule has 2 aliphatic rings. The minimum atomic E-state index is -0.192. The van der Waals surface area contributed by atoms with Gasteiger partial charge >= 0.3 is 0 Å². The van der Waals surface area contributed by atoms with Gasteiger partial charge in [-0.15, -0.1) is 0 Å². The second-order valence-electron chi connectivity index (χ2n) is 7.71. The SMILES string of the molecule is O=C1c2ccccc2C(=O)N1CCN1CCN(c2nccn2-c2cccc(Cl)c2)CC1. The second-order valence-corrected chi connectivity index (χ2v) is 8.15. The third-order valence-electron chi connectivity index (χ3n) is 5.88. The van der Waals surface area contributed by atoms with Crippen molar-refractivity contribution in [2.75, 3.05) is 44.2 Å². The molecule has 0 N–H and O–H groups in total. The highest BCUT2D eigenvalue weighted by Gasteiger charge is 2.35. The third kappa shape index (κ3) is 3.71. The Bertz CT molecular complexity index is 1100. The fourth-order valence-corrected chi connectivity index (χ4v) is 4.40. The van der Waals surface area contributed by atoms with Crippen LogP contribution in [0.5, 0.6) is 0 Å². The van der Waals surface area contributed by atoms with Crippen LogP contribution in [0.25, 0.3) is 5.69 Å². The van der Waals surface area contributed by atoms with Crippen molar-refractivity contribution >= 4 is 29.4 Å². The predicted molar refractivity (Wildman–Crippen MR) is 119 cm³/mol. The average Bonchev–Trinajstić information content (AvgIpc) is 3.37. The molecule has 0 atom stereocenters.